The van der Waals surface area contributed by atoms with Gasteiger partial charge in [0.2, 0.25) is 5.88 Å². The van der Waals surface area contributed by atoms with Crippen LogP contribution >= 0.6 is 0 Å². The molecule has 170 valence electrons. The van der Waals surface area contributed by atoms with E-state index >= 15 is 0 Å². The second-order valence-corrected chi connectivity index (χ2v) is 8.87. The van der Waals surface area contributed by atoms with Gasteiger partial charge in [0.15, 0.2) is 5.65 Å². The molecule has 5 rings (SSSR count). The average molecular weight is 449 g/mol. The maximum absolute atomic E-state index is 12.4. The smallest absolute Gasteiger partial charge is 0.423 e. The van der Waals surface area contributed by atoms with Gasteiger partial charge in [0, 0.05) is 30.2 Å². The molecule has 0 spiro atoms. The van der Waals surface area contributed by atoms with Gasteiger partial charge in [-0.1, -0.05) is 0 Å². The van der Waals surface area contributed by atoms with Gasteiger partial charge in [-0.15, -0.1) is 0 Å². The minimum atomic E-state index is -1.00. The van der Waals surface area contributed by atoms with Crippen LogP contribution in [-0.2, 0) is 4.74 Å². The van der Waals surface area contributed by atoms with Crippen LogP contribution in [0.15, 0.2) is 37.1 Å². The van der Waals surface area contributed by atoms with E-state index in [1.54, 1.807) is 39.2 Å². The third-order valence-electron chi connectivity index (χ3n) is 5.16. The number of imidazole rings is 1. The van der Waals surface area contributed by atoms with Gasteiger partial charge in [-0.3, -0.25) is 4.40 Å². The molecule has 11 heteroatoms. The number of carbonyl (C=O) groups excluding carboxylic acids is 2. The van der Waals surface area contributed by atoms with Crippen LogP contribution in [0, 0.1) is 0 Å². The second-order valence-electron chi connectivity index (χ2n) is 8.87. The van der Waals surface area contributed by atoms with Gasteiger partial charge < -0.3 is 19.8 Å². The number of ether oxygens (including phenoxy) is 2. The number of alkyl carbamates (subject to hydrolysis) is 1. The monoisotopic (exact) mass is 449 g/mol. The number of hydrogen-bond acceptors (Lipinski definition) is 8. The van der Waals surface area contributed by atoms with Gasteiger partial charge in [0.25, 0.3) is 0 Å². The minimum absolute atomic E-state index is 0.0283. The van der Waals surface area contributed by atoms with E-state index in [1.165, 1.54) is 6.33 Å². The van der Waals surface area contributed by atoms with Crippen LogP contribution in [0.2, 0.25) is 0 Å². The number of amides is 2. The molecule has 0 aromatic carbocycles. The first-order valence-electron chi connectivity index (χ1n) is 10.5. The Bertz CT molecular complexity index is 1400. The molecule has 1 fully saturated rings. The molecule has 0 aliphatic heterocycles. The summed E-state index contributed by atoms with van der Waals surface area (Å²) in [6.45, 7) is 5.09. The highest BCUT2D eigenvalue weighted by Gasteiger charge is 2.30. The van der Waals surface area contributed by atoms with Gasteiger partial charge >= 0.3 is 12.2 Å². The molecule has 1 saturated carbocycles. The number of aromatic nitrogens is 5. The molecule has 33 heavy (non-hydrogen) atoms. The van der Waals surface area contributed by atoms with Gasteiger partial charge in [0.1, 0.15) is 17.6 Å². The Morgan fingerprint density at radius 3 is 2.64 bits per heavy atom. The van der Waals surface area contributed by atoms with Crippen molar-refractivity contribution in [1.82, 2.24) is 29.2 Å². The van der Waals surface area contributed by atoms with Gasteiger partial charge in [-0.05, 0) is 45.7 Å². The average Bonchev–Trinajstić information content (AvgIpc) is 3.30. The Morgan fingerprint density at radius 2 is 1.91 bits per heavy atom. The minimum Gasteiger partial charge on any atom is -0.443 e. The van der Waals surface area contributed by atoms with Crippen molar-refractivity contribution in [3.05, 3.63) is 37.1 Å². The zero-order valence-electron chi connectivity index (χ0n) is 18.4. The lowest BCUT2D eigenvalue weighted by molar-refractivity contribution is 0.0533. The van der Waals surface area contributed by atoms with Crippen molar-refractivity contribution in [1.29, 1.82) is 0 Å². The van der Waals surface area contributed by atoms with Crippen LogP contribution in [0.3, 0.4) is 0 Å². The summed E-state index contributed by atoms with van der Waals surface area (Å²) in [5.74, 6) is 0.0283. The van der Waals surface area contributed by atoms with E-state index in [9.17, 15) is 9.59 Å². The SMILES string of the molecule is CC(C)(C)OC(=O)NC(=O)Oc1ncnc2c1c(-c1ccc(N)c3nccn13)cn2C1CC1. The number of fused-ring (bicyclic) bond motifs is 2. The summed E-state index contributed by atoms with van der Waals surface area (Å²) in [7, 11) is 0. The Morgan fingerprint density at radius 1 is 1.12 bits per heavy atom. The quantitative estimate of drug-likeness (QED) is 0.483. The lowest BCUT2D eigenvalue weighted by Gasteiger charge is -2.19. The highest BCUT2D eigenvalue weighted by Crippen LogP contribution is 2.43. The first-order valence-corrected chi connectivity index (χ1v) is 10.5. The zero-order valence-corrected chi connectivity index (χ0v) is 18.4. The lowest BCUT2D eigenvalue weighted by Crippen LogP contribution is -2.38. The Balaban J connectivity index is 1.58. The Kier molecular flexibility index (Phi) is 4.69. The lowest BCUT2D eigenvalue weighted by atomic mass is 10.1. The largest absolute Gasteiger partial charge is 0.443 e. The summed E-state index contributed by atoms with van der Waals surface area (Å²) >= 11 is 0. The predicted molar refractivity (Wildman–Crippen MR) is 120 cm³/mol. The molecule has 1 aliphatic rings. The van der Waals surface area contributed by atoms with E-state index in [-0.39, 0.29) is 5.88 Å². The van der Waals surface area contributed by atoms with Crippen molar-refractivity contribution in [2.45, 2.75) is 45.3 Å². The maximum Gasteiger partial charge on any atom is 0.423 e. The fraction of sp³-hybridized carbons (Fsp3) is 0.318. The zero-order chi connectivity index (χ0) is 23.3. The first-order chi connectivity index (χ1) is 15.7. The predicted octanol–water partition coefficient (Wildman–Crippen LogP) is 3.69. The van der Waals surface area contributed by atoms with Crippen molar-refractivity contribution in [2.75, 3.05) is 5.73 Å². The van der Waals surface area contributed by atoms with E-state index in [0.29, 0.717) is 28.4 Å². The normalized spacial score (nSPS) is 13.9. The summed E-state index contributed by atoms with van der Waals surface area (Å²) in [6.07, 6.45) is 6.93. The molecular weight excluding hydrogens is 426 g/mol. The van der Waals surface area contributed by atoms with Crippen LogP contribution < -0.4 is 15.8 Å². The summed E-state index contributed by atoms with van der Waals surface area (Å²) in [5.41, 5.74) is 8.64. The third-order valence-corrected chi connectivity index (χ3v) is 5.16. The Labute approximate surface area is 188 Å². The molecule has 0 radical (unpaired) electrons. The van der Waals surface area contributed by atoms with Crippen LogP contribution in [0.25, 0.3) is 27.9 Å². The molecule has 0 unspecified atom stereocenters. The Hall–Kier alpha value is -4.15. The molecule has 0 atom stereocenters. The number of nitrogens with zero attached hydrogens (tertiary/aromatic N) is 5. The number of imide groups is 1. The number of hydrogen-bond donors (Lipinski definition) is 2. The van der Waals surface area contributed by atoms with Crippen molar-refractivity contribution < 1.29 is 19.1 Å². The van der Waals surface area contributed by atoms with E-state index in [0.717, 1.165) is 24.1 Å². The second kappa shape index (κ2) is 7.47. The topological polar surface area (TPSA) is 139 Å². The molecule has 3 N–H and O–H groups in total. The standard InChI is InChI=1S/C22H23N7O4/c1-22(2,3)33-21(31)27-20(30)32-19-16-13(10-29(12-4-5-12)18(16)25-11-26-19)15-7-6-14(23)17-24-8-9-28(15)17/h6-12H,4-5,23H2,1-3H3,(H,27,30,31). The van der Waals surface area contributed by atoms with Crippen molar-refractivity contribution in [3.8, 4) is 17.1 Å². The molecule has 0 bridgehead atoms. The third kappa shape index (κ3) is 3.93. The highest BCUT2D eigenvalue weighted by atomic mass is 16.6. The summed E-state index contributed by atoms with van der Waals surface area (Å²) in [5, 5.41) is 2.61. The van der Waals surface area contributed by atoms with Crippen molar-refractivity contribution in [3.63, 3.8) is 0 Å². The van der Waals surface area contributed by atoms with Crippen molar-refractivity contribution in [2.24, 2.45) is 0 Å². The van der Waals surface area contributed by atoms with Crippen LogP contribution in [-0.4, -0.2) is 41.7 Å². The van der Waals surface area contributed by atoms with E-state index < -0.39 is 17.8 Å². The molecule has 4 aromatic rings. The number of pyridine rings is 1. The number of nitrogens with one attached hydrogen (secondary N) is 1. The number of rotatable bonds is 3. The molecule has 11 nitrogen and oxygen atoms in total. The number of nitrogens with two attached hydrogens (primary N) is 1. The highest BCUT2D eigenvalue weighted by molar-refractivity contribution is 5.99. The summed E-state index contributed by atoms with van der Waals surface area (Å²) in [4.78, 5) is 37.4. The van der Waals surface area contributed by atoms with E-state index in [1.807, 2.05) is 16.7 Å². The molecule has 0 saturated heterocycles. The van der Waals surface area contributed by atoms with Crippen molar-refractivity contribution >= 4 is 34.6 Å². The molecule has 4 aromatic heterocycles. The van der Waals surface area contributed by atoms with E-state index in [4.69, 9.17) is 15.2 Å². The molecule has 1 aliphatic carbocycles. The molecule has 2 amide bonds. The van der Waals surface area contributed by atoms with Crippen LogP contribution in [0.4, 0.5) is 15.3 Å². The fourth-order valence-electron chi connectivity index (χ4n) is 3.71. The van der Waals surface area contributed by atoms with Crippen LogP contribution in [0.5, 0.6) is 5.88 Å². The first kappa shape index (κ1) is 20.7. The van der Waals surface area contributed by atoms with Gasteiger partial charge in [-0.2, -0.15) is 0 Å². The molecule has 4 heterocycles. The number of anilines is 1. The summed E-state index contributed by atoms with van der Waals surface area (Å²) in [6, 6.07) is 3.96. The van der Waals surface area contributed by atoms with Crippen LogP contribution in [0.1, 0.15) is 39.7 Å². The fourth-order valence-corrected chi connectivity index (χ4v) is 3.71. The number of nitrogen functional groups attached to an aromatic ring is 1. The summed E-state index contributed by atoms with van der Waals surface area (Å²) < 4.78 is 14.5. The van der Waals surface area contributed by atoms with Gasteiger partial charge in [0.05, 0.1) is 16.8 Å². The molecular formula is C22H23N7O4. The number of carbonyl (C=O) groups is 2. The van der Waals surface area contributed by atoms with Gasteiger partial charge in [-0.25, -0.2) is 29.9 Å². The maximum atomic E-state index is 12.4. The van der Waals surface area contributed by atoms with E-state index in [2.05, 4.69) is 24.8 Å².